The lowest BCUT2D eigenvalue weighted by Gasteiger charge is -2.38. The van der Waals surface area contributed by atoms with Gasteiger partial charge in [-0.15, -0.1) is 0 Å². The molecule has 0 radical (unpaired) electrons. The molecular weight excluding hydrogens is 429 g/mol. The van der Waals surface area contributed by atoms with Crippen LogP contribution in [0.25, 0.3) is 11.4 Å². The molecule has 0 unspecified atom stereocenters. The van der Waals surface area contributed by atoms with Gasteiger partial charge in [0.15, 0.2) is 0 Å². The molecule has 32 heavy (non-hydrogen) atoms. The normalized spacial score (nSPS) is 24.4. The number of carbonyl (C=O) groups excluding carboxylic acids is 2. The van der Waals surface area contributed by atoms with Crippen LogP contribution in [-0.4, -0.2) is 52.2 Å². The Hall–Kier alpha value is -2.95. The summed E-state index contributed by atoms with van der Waals surface area (Å²) in [6, 6.07) is 4.48. The number of amides is 2. The second kappa shape index (κ2) is 7.29. The molecule has 3 heterocycles. The number of halogens is 3. The number of nitrogens with one attached hydrogen (secondary N) is 1. The van der Waals surface area contributed by atoms with E-state index in [-0.39, 0.29) is 35.3 Å². The summed E-state index contributed by atoms with van der Waals surface area (Å²) in [6.45, 7) is 3.01. The van der Waals surface area contributed by atoms with Gasteiger partial charge in [-0.3, -0.25) is 9.59 Å². The first-order valence-electron chi connectivity index (χ1n) is 10.4. The van der Waals surface area contributed by atoms with Gasteiger partial charge in [-0.05, 0) is 37.8 Å². The van der Waals surface area contributed by atoms with Crippen LogP contribution in [0.3, 0.4) is 0 Å². The molecule has 11 heteroatoms. The maximum atomic E-state index is 13.2. The molecular formula is C21H21F3N4O4. The lowest BCUT2D eigenvalue weighted by atomic mass is 9.87. The Morgan fingerprint density at radius 2 is 2.06 bits per heavy atom. The number of hydrogen-bond donors (Lipinski definition) is 1. The van der Waals surface area contributed by atoms with Crippen molar-refractivity contribution in [3.8, 4) is 11.4 Å². The molecule has 1 aromatic carbocycles. The van der Waals surface area contributed by atoms with E-state index in [2.05, 4.69) is 20.0 Å². The van der Waals surface area contributed by atoms with Gasteiger partial charge in [0.05, 0.1) is 24.7 Å². The molecule has 3 aliphatic rings. The van der Waals surface area contributed by atoms with E-state index in [0.29, 0.717) is 25.3 Å². The topological polar surface area (TPSA) is 97.6 Å². The Bertz CT molecular complexity index is 1080. The molecule has 1 aliphatic carbocycles. The van der Waals surface area contributed by atoms with E-state index in [9.17, 15) is 22.8 Å². The number of nitrogens with zero attached hydrogens (tertiary/aromatic N) is 3. The average molecular weight is 450 g/mol. The molecule has 2 atom stereocenters. The lowest BCUT2D eigenvalue weighted by Crippen LogP contribution is -2.57. The van der Waals surface area contributed by atoms with Gasteiger partial charge in [0.1, 0.15) is 0 Å². The minimum absolute atomic E-state index is 0.0651. The first-order chi connectivity index (χ1) is 15.2. The predicted octanol–water partition coefficient (Wildman–Crippen LogP) is 2.79. The summed E-state index contributed by atoms with van der Waals surface area (Å²) in [7, 11) is 0. The number of fused-ring (bicyclic) bond motifs is 1. The van der Waals surface area contributed by atoms with Crippen LogP contribution in [0.15, 0.2) is 22.7 Å². The molecule has 8 nitrogen and oxygen atoms in total. The fourth-order valence-corrected chi connectivity index (χ4v) is 4.55. The summed E-state index contributed by atoms with van der Waals surface area (Å²) in [5, 5.41) is 6.49. The van der Waals surface area contributed by atoms with Crippen molar-refractivity contribution < 1.29 is 32.0 Å². The molecule has 170 valence electrons. The van der Waals surface area contributed by atoms with Gasteiger partial charge < -0.3 is 19.5 Å². The number of alkyl halides is 3. The number of benzene rings is 1. The Morgan fingerprint density at radius 1 is 1.28 bits per heavy atom. The van der Waals surface area contributed by atoms with Gasteiger partial charge >= 0.3 is 12.1 Å². The number of rotatable bonds is 4. The zero-order chi connectivity index (χ0) is 22.7. The summed E-state index contributed by atoms with van der Waals surface area (Å²) in [6.07, 6.45) is -2.30. The van der Waals surface area contributed by atoms with Crippen LogP contribution in [0.5, 0.6) is 0 Å². The largest absolute Gasteiger partial charge is 0.471 e. The number of hydrogen-bond acceptors (Lipinski definition) is 6. The number of aromatic nitrogens is 2. The molecule has 5 rings (SSSR count). The van der Waals surface area contributed by atoms with Crippen molar-refractivity contribution in [3.05, 3.63) is 35.2 Å². The highest BCUT2D eigenvalue weighted by atomic mass is 19.4. The molecule has 0 bridgehead atoms. The average Bonchev–Trinajstić information content (AvgIpc) is 3.44. The fraction of sp³-hybridized carbons (Fsp3) is 0.524. The van der Waals surface area contributed by atoms with Crippen molar-refractivity contribution in [2.45, 2.75) is 51.0 Å². The number of ether oxygens (including phenoxy) is 1. The van der Waals surface area contributed by atoms with E-state index < -0.39 is 17.5 Å². The van der Waals surface area contributed by atoms with Crippen LogP contribution < -0.4 is 5.32 Å². The van der Waals surface area contributed by atoms with Gasteiger partial charge in [-0.2, -0.15) is 18.2 Å². The molecule has 0 spiro atoms. The molecule has 2 aliphatic heterocycles. The van der Waals surface area contributed by atoms with Crippen molar-refractivity contribution >= 4 is 11.8 Å². The Morgan fingerprint density at radius 3 is 2.72 bits per heavy atom. The van der Waals surface area contributed by atoms with E-state index in [1.54, 1.807) is 17.0 Å². The monoisotopic (exact) mass is 450 g/mol. The van der Waals surface area contributed by atoms with Crippen LogP contribution in [0.1, 0.15) is 48.0 Å². The van der Waals surface area contributed by atoms with E-state index in [1.165, 1.54) is 6.07 Å². The van der Waals surface area contributed by atoms with E-state index in [1.807, 2.05) is 6.92 Å². The van der Waals surface area contributed by atoms with Crippen LogP contribution in [0.4, 0.5) is 13.2 Å². The van der Waals surface area contributed by atoms with Crippen LogP contribution in [0, 0.1) is 5.41 Å². The zero-order valence-electron chi connectivity index (χ0n) is 17.2. The summed E-state index contributed by atoms with van der Waals surface area (Å²) >= 11 is 0. The van der Waals surface area contributed by atoms with Gasteiger partial charge in [0.2, 0.25) is 11.7 Å². The first-order valence-corrected chi connectivity index (χ1v) is 10.4. The maximum Gasteiger partial charge on any atom is 0.471 e. The van der Waals surface area contributed by atoms with Gasteiger partial charge in [0.25, 0.3) is 5.91 Å². The second-order valence-corrected chi connectivity index (χ2v) is 8.86. The highest BCUT2D eigenvalue weighted by molar-refractivity contribution is 5.99. The number of carbonyl (C=O) groups is 2. The van der Waals surface area contributed by atoms with E-state index >= 15 is 0 Å². The fourth-order valence-electron chi connectivity index (χ4n) is 4.55. The van der Waals surface area contributed by atoms with Gasteiger partial charge in [0, 0.05) is 23.7 Å². The minimum Gasteiger partial charge on any atom is -0.379 e. The van der Waals surface area contributed by atoms with Crippen LogP contribution >= 0.6 is 0 Å². The molecule has 1 saturated carbocycles. The highest BCUT2D eigenvalue weighted by Gasteiger charge is 2.45. The van der Waals surface area contributed by atoms with Crippen LogP contribution in [0.2, 0.25) is 0 Å². The van der Waals surface area contributed by atoms with E-state index in [4.69, 9.17) is 4.74 Å². The highest BCUT2D eigenvalue weighted by Crippen LogP contribution is 2.35. The minimum atomic E-state index is -4.74. The Balaban J connectivity index is 1.34. The maximum absolute atomic E-state index is 13.2. The molecule has 1 aromatic heterocycles. The van der Waals surface area contributed by atoms with Gasteiger partial charge in [-0.25, -0.2) is 0 Å². The molecule has 2 aromatic rings. The molecule has 2 amide bonds. The summed E-state index contributed by atoms with van der Waals surface area (Å²) in [5.74, 6) is -1.94. The predicted molar refractivity (Wildman–Crippen MR) is 103 cm³/mol. The lowest BCUT2D eigenvalue weighted by molar-refractivity contribution is -0.159. The Labute approximate surface area is 181 Å². The summed E-state index contributed by atoms with van der Waals surface area (Å²) < 4.78 is 47.7. The third kappa shape index (κ3) is 3.44. The molecule has 2 fully saturated rings. The molecule has 1 N–H and O–H groups in total. The third-order valence-electron chi connectivity index (χ3n) is 6.45. The van der Waals surface area contributed by atoms with Crippen molar-refractivity contribution in [1.29, 1.82) is 0 Å². The summed E-state index contributed by atoms with van der Waals surface area (Å²) in [4.78, 5) is 31.0. The SMILES string of the molecule is CC1(C(=O)N[C@H]2CCC[C@@H]2N2Cc3ccc(-c4noc(C(F)(F)F)n4)cc3C2=O)COC1. The van der Waals surface area contributed by atoms with Crippen molar-refractivity contribution in [2.24, 2.45) is 5.41 Å². The van der Waals surface area contributed by atoms with E-state index in [0.717, 1.165) is 24.8 Å². The first kappa shape index (κ1) is 20.9. The zero-order valence-corrected chi connectivity index (χ0v) is 17.2. The standard InChI is InChI=1S/C21H21F3N4O4/c1-20(9-31-10-20)18(30)25-14-3-2-4-15(14)28-8-12-6-5-11(7-13(12)17(28)29)16-26-19(32-27-16)21(22,23)24/h5-7,14-15H,2-4,8-10H2,1H3,(H,25,30)/t14-,15-/m0/s1. The quantitative estimate of drug-likeness (QED) is 0.770. The van der Waals surface area contributed by atoms with Crippen molar-refractivity contribution in [3.63, 3.8) is 0 Å². The van der Waals surface area contributed by atoms with Crippen molar-refractivity contribution in [1.82, 2.24) is 20.4 Å². The molecule has 1 saturated heterocycles. The van der Waals surface area contributed by atoms with Crippen LogP contribution in [-0.2, 0) is 22.3 Å². The third-order valence-corrected chi connectivity index (χ3v) is 6.45. The Kier molecular flexibility index (Phi) is 4.77. The second-order valence-electron chi connectivity index (χ2n) is 8.86. The van der Waals surface area contributed by atoms with Crippen molar-refractivity contribution in [2.75, 3.05) is 13.2 Å². The smallest absolute Gasteiger partial charge is 0.379 e. The summed E-state index contributed by atoms with van der Waals surface area (Å²) in [5.41, 5.74) is 0.916. The van der Waals surface area contributed by atoms with Gasteiger partial charge in [-0.1, -0.05) is 17.3 Å².